The van der Waals surface area contributed by atoms with Crippen molar-refractivity contribution in [3.8, 4) is 5.75 Å². The van der Waals surface area contributed by atoms with Gasteiger partial charge in [0, 0.05) is 25.3 Å². The van der Waals surface area contributed by atoms with Crippen LogP contribution in [0.15, 0.2) is 42.6 Å². The van der Waals surface area contributed by atoms with Gasteiger partial charge >= 0.3 is 0 Å². The molecule has 1 heterocycles. The molecular weight excluding hydrogens is 268 g/mol. The van der Waals surface area contributed by atoms with Gasteiger partial charge in [-0.15, -0.1) is 0 Å². The molecule has 5 nitrogen and oxygen atoms in total. The van der Waals surface area contributed by atoms with Crippen molar-refractivity contribution >= 4 is 12.0 Å². The molecule has 0 saturated carbocycles. The zero-order valence-electron chi connectivity index (χ0n) is 12.0. The van der Waals surface area contributed by atoms with Gasteiger partial charge in [-0.1, -0.05) is 12.1 Å². The predicted octanol–water partition coefficient (Wildman–Crippen LogP) is 2.12. The number of methoxy groups -OCH3 is 1. The lowest BCUT2D eigenvalue weighted by atomic mass is 10.0. The van der Waals surface area contributed by atoms with E-state index in [0.717, 1.165) is 24.7 Å². The minimum absolute atomic E-state index is 0.383. The average molecular weight is 286 g/mol. The fourth-order valence-electron chi connectivity index (χ4n) is 1.72. The average Bonchev–Trinajstić information content (AvgIpc) is 2.57. The molecule has 1 aromatic carbocycles. The SMILES string of the molecule is CO.COc1ccc(CC(=N)c2cc(C=O)ccn2)cc1. The number of carbonyl (C=O) groups is 1. The minimum atomic E-state index is 0.383. The maximum absolute atomic E-state index is 10.7. The second-order valence-corrected chi connectivity index (χ2v) is 4.10. The molecule has 0 amide bonds. The molecule has 0 saturated heterocycles. The van der Waals surface area contributed by atoms with Crippen LogP contribution in [0.4, 0.5) is 0 Å². The van der Waals surface area contributed by atoms with Crippen LogP contribution in [0.3, 0.4) is 0 Å². The Hall–Kier alpha value is -2.53. The lowest BCUT2D eigenvalue weighted by Crippen LogP contribution is -2.06. The number of benzene rings is 1. The first-order valence-electron chi connectivity index (χ1n) is 6.29. The summed E-state index contributed by atoms with van der Waals surface area (Å²) in [5.41, 5.74) is 2.45. The van der Waals surface area contributed by atoms with E-state index in [1.165, 1.54) is 0 Å². The smallest absolute Gasteiger partial charge is 0.150 e. The maximum atomic E-state index is 10.7. The first-order valence-corrected chi connectivity index (χ1v) is 6.29. The Balaban J connectivity index is 0.00000106. The third-order valence-electron chi connectivity index (χ3n) is 2.77. The second-order valence-electron chi connectivity index (χ2n) is 4.10. The van der Waals surface area contributed by atoms with Crippen molar-refractivity contribution in [2.45, 2.75) is 6.42 Å². The fourth-order valence-corrected chi connectivity index (χ4v) is 1.72. The zero-order chi connectivity index (χ0) is 15.7. The van der Waals surface area contributed by atoms with Gasteiger partial charge in [-0.3, -0.25) is 9.78 Å². The summed E-state index contributed by atoms with van der Waals surface area (Å²) in [5.74, 6) is 0.788. The Bertz CT molecular complexity index is 595. The van der Waals surface area contributed by atoms with Gasteiger partial charge in [0.2, 0.25) is 0 Å². The number of carbonyl (C=O) groups excluding carboxylic acids is 1. The van der Waals surface area contributed by atoms with Crippen molar-refractivity contribution in [1.82, 2.24) is 4.98 Å². The highest BCUT2D eigenvalue weighted by molar-refractivity contribution is 5.98. The number of nitrogens with zero attached hydrogens (tertiary/aromatic N) is 1. The summed E-state index contributed by atoms with van der Waals surface area (Å²) < 4.78 is 5.08. The monoisotopic (exact) mass is 286 g/mol. The van der Waals surface area contributed by atoms with E-state index in [0.29, 0.717) is 23.4 Å². The summed E-state index contributed by atoms with van der Waals surface area (Å²) in [6, 6.07) is 10.8. The lowest BCUT2D eigenvalue weighted by Gasteiger charge is -2.05. The summed E-state index contributed by atoms with van der Waals surface area (Å²) in [7, 11) is 2.62. The van der Waals surface area contributed by atoms with E-state index in [1.807, 2.05) is 24.3 Å². The predicted molar refractivity (Wildman–Crippen MR) is 81.3 cm³/mol. The van der Waals surface area contributed by atoms with Crippen LogP contribution in [0.5, 0.6) is 5.75 Å². The van der Waals surface area contributed by atoms with Gasteiger partial charge < -0.3 is 15.3 Å². The van der Waals surface area contributed by atoms with Gasteiger partial charge in [-0.25, -0.2) is 0 Å². The lowest BCUT2D eigenvalue weighted by molar-refractivity contribution is 0.112. The van der Waals surface area contributed by atoms with E-state index in [1.54, 1.807) is 25.4 Å². The van der Waals surface area contributed by atoms with Gasteiger partial charge in [-0.2, -0.15) is 0 Å². The Morgan fingerprint density at radius 2 is 1.95 bits per heavy atom. The Kier molecular flexibility index (Phi) is 6.77. The Labute approximate surface area is 123 Å². The largest absolute Gasteiger partial charge is 0.497 e. The molecule has 2 N–H and O–H groups in total. The van der Waals surface area contributed by atoms with Crippen molar-refractivity contribution in [1.29, 1.82) is 5.41 Å². The van der Waals surface area contributed by atoms with Crippen LogP contribution in [0.25, 0.3) is 0 Å². The molecule has 0 bridgehead atoms. The Morgan fingerprint density at radius 3 is 2.52 bits per heavy atom. The van der Waals surface area contributed by atoms with Crippen LogP contribution < -0.4 is 4.74 Å². The third kappa shape index (κ3) is 4.81. The molecule has 5 heteroatoms. The number of nitrogens with one attached hydrogen (secondary N) is 1. The van der Waals surface area contributed by atoms with Crippen LogP contribution in [0.1, 0.15) is 21.6 Å². The van der Waals surface area contributed by atoms with Crippen molar-refractivity contribution in [2.24, 2.45) is 0 Å². The molecule has 0 aliphatic heterocycles. The molecule has 2 aromatic rings. The minimum Gasteiger partial charge on any atom is -0.497 e. The molecule has 0 unspecified atom stereocenters. The number of hydrogen-bond donors (Lipinski definition) is 2. The topological polar surface area (TPSA) is 83.3 Å². The van der Waals surface area contributed by atoms with Crippen LogP contribution >= 0.6 is 0 Å². The summed E-state index contributed by atoms with van der Waals surface area (Å²) >= 11 is 0. The second kappa shape index (κ2) is 8.60. The fraction of sp³-hybridized carbons (Fsp3) is 0.188. The number of aldehydes is 1. The van der Waals surface area contributed by atoms with Crippen LogP contribution in [-0.2, 0) is 6.42 Å². The van der Waals surface area contributed by atoms with Gasteiger partial charge in [0.15, 0.2) is 0 Å². The highest BCUT2D eigenvalue weighted by Crippen LogP contribution is 2.13. The van der Waals surface area contributed by atoms with Crippen molar-refractivity contribution in [3.63, 3.8) is 0 Å². The maximum Gasteiger partial charge on any atom is 0.150 e. The van der Waals surface area contributed by atoms with Crippen molar-refractivity contribution in [2.75, 3.05) is 14.2 Å². The van der Waals surface area contributed by atoms with Crippen LogP contribution in [0, 0.1) is 5.41 Å². The highest BCUT2D eigenvalue weighted by atomic mass is 16.5. The van der Waals surface area contributed by atoms with E-state index in [9.17, 15) is 4.79 Å². The summed E-state index contributed by atoms with van der Waals surface area (Å²) in [5, 5.41) is 15.0. The van der Waals surface area contributed by atoms with Crippen LogP contribution in [-0.4, -0.2) is 36.3 Å². The van der Waals surface area contributed by atoms with E-state index >= 15 is 0 Å². The molecule has 0 aliphatic rings. The quantitative estimate of drug-likeness (QED) is 0.651. The van der Waals surface area contributed by atoms with Crippen molar-refractivity contribution in [3.05, 3.63) is 59.4 Å². The van der Waals surface area contributed by atoms with Gasteiger partial charge in [0.05, 0.1) is 18.5 Å². The highest BCUT2D eigenvalue weighted by Gasteiger charge is 2.05. The number of pyridine rings is 1. The molecule has 110 valence electrons. The molecule has 2 rings (SSSR count). The summed E-state index contributed by atoms with van der Waals surface area (Å²) in [6.07, 6.45) is 2.77. The standard InChI is InChI=1S/C15H14N2O2.CH4O/c1-19-13-4-2-11(3-5-13)8-14(16)15-9-12(10-18)6-7-17-15;1-2/h2-7,9-10,16H,8H2,1H3;2H,1H3. The summed E-state index contributed by atoms with van der Waals surface area (Å²) in [6.45, 7) is 0. The van der Waals surface area contributed by atoms with Gasteiger partial charge in [0.25, 0.3) is 0 Å². The molecule has 0 atom stereocenters. The number of ether oxygens (including phenoxy) is 1. The molecule has 0 fully saturated rings. The third-order valence-corrected chi connectivity index (χ3v) is 2.77. The number of aliphatic hydroxyl groups is 1. The molecule has 0 spiro atoms. The number of rotatable bonds is 5. The number of hydrogen-bond acceptors (Lipinski definition) is 5. The number of aromatic nitrogens is 1. The van der Waals surface area contributed by atoms with E-state index < -0.39 is 0 Å². The number of aliphatic hydroxyl groups excluding tert-OH is 1. The summed E-state index contributed by atoms with van der Waals surface area (Å²) in [4.78, 5) is 14.8. The molecule has 21 heavy (non-hydrogen) atoms. The van der Waals surface area contributed by atoms with Crippen LogP contribution in [0.2, 0.25) is 0 Å². The van der Waals surface area contributed by atoms with E-state index in [4.69, 9.17) is 15.3 Å². The Morgan fingerprint density at radius 1 is 1.29 bits per heavy atom. The van der Waals surface area contributed by atoms with Gasteiger partial charge in [-0.05, 0) is 29.8 Å². The van der Waals surface area contributed by atoms with Gasteiger partial charge in [0.1, 0.15) is 12.0 Å². The molecule has 1 aromatic heterocycles. The van der Waals surface area contributed by atoms with E-state index in [-0.39, 0.29) is 0 Å². The molecule has 0 aliphatic carbocycles. The van der Waals surface area contributed by atoms with Crippen molar-refractivity contribution < 1.29 is 14.6 Å². The zero-order valence-corrected chi connectivity index (χ0v) is 12.0. The first kappa shape index (κ1) is 16.5. The normalized spacial score (nSPS) is 9.29. The first-order chi connectivity index (χ1) is 10.2. The molecule has 0 radical (unpaired) electrons. The molecular formula is C16H18N2O3. The van der Waals surface area contributed by atoms with E-state index in [2.05, 4.69) is 4.98 Å².